The molecule has 110 valence electrons. The van der Waals surface area contributed by atoms with Gasteiger partial charge in [0.1, 0.15) is 5.69 Å². The number of para-hydroxylation sites is 1. The number of benzene rings is 1. The lowest BCUT2D eigenvalue weighted by molar-refractivity contribution is -0.142. The van der Waals surface area contributed by atoms with Crippen molar-refractivity contribution < 1.29 is 26.3 Å². The maximum Gasteiger partial charge on any atom is 0.433 e. The van der Waals surface area contributed by atoms with Crippen molar-refractivity contribution >= 4 is 10.9 Å². The molecule has 21 heavy (non-hydrogen) atoms. The molecular formula is C13H6F6N2. The fourth-order valence-electron chi connectivity index (χ4n) is 1.92. The van der Waals surface area contributed by atoms with E-state index < -0.39 is 35.5 Å². The first-order valence-electron chi connectivity index (χ1n) is 5.58. The van der Waals surface area contributed by atoms with Gasteiger partial charge in [-0.3, -0.25) is 0 Å². The van der Waals surface area contributed by atoms with Crippen molar-refractivity contribution in [2.75, 3.05) is 0 Å². The summed E-state index contributed by atoms with van der Waals surface area (Å²) in [4.78, 5) is 3.10. The summed E-state index contributed by atoms with van der Waals surface area (Å²) in [6.07, 6.45) is -10.2. The predicted octanol–water partition coefficient (Wildman–Crippen LogP) is 4.34. The Bertz CT molecular complexity index is 724. The topological polar surface area (TPSA) is 36.7 Å². The van der Waals surface area contributed by atoms with Crippen molar-refractivity contribution in [3.8, 4) is 6.07 Å². The molecule has 0 N–H and O–H groups in total. The zero-order chi connectivity index (χ0) is 15.8. The summed E-state index contributed by atoms with van der Waals surface area (Å²) in [7, 11) is 0. The van der Waals surface area contributed by atoms with Crippen LogP contribution in [-0.2, 0) is 18.8 Å². The Labute approximate surface area is 114 Å². The second-order valence-corrected chi connectivity index (χ2v) is 4.20. The molecule has 0 amide bonds. The van der Waals surface area contributed by atoms with Gasteiger partial charge in [-0.25, -0.2) is 4.98 Å². The molecule has 1 heterocycles. The molecule has 0 saturated carbocycles. The van der Waals surface area contributed by atoms with E-state index in [4.69, 9.17) is 5.26 Å². The number of nitriles is 1. The largest absolute Gasteiger partial charge is 0.433 e. The van der Waals surface area contributed by atoms with Gasteiger partial charge in [0.2, 0.25) is 0 Å². The Balaban J connectivity index is 2.87. The van der Waals surface area contributed by atoms with Gasteiger partial charge in [0, 0.05) is 5.39 Å². The van der Waals surface area contributed by atoms with Crippen molar-refractivity contribution in [1.82, 2.24) is 4.98 Å². The molecule has 0 radical (unpaired) electrons. The number of nitrogens with zero attached hydrogens (tertiary/aromatic N) is 2. The second-order valence-electron chi connectivity index (χ2n) is 4.20. The highest BCUT2D eigenvalue weighted by Gasteiger charge is 2.37. The van der Waals surface area contributed by atoms with Crippen molar-refractivity contribution in [3.63, 3.8) is 0 Å². The lowest BCUT2D eigenvalue weighted by atomic mass is 10.0. The number of rotatable bonds is 1. The van der Waals surface area contributed by atoms with E-state index in [1.165, 1.54) is 6.07 Å². The second kappa shape index (κ2) is 4.91. The van der Waals surface area contributed by atoms with E-state index in [2.05, 4.69) is 4.98 Å². The molecule has 0 fully saturated rings. The van der Waals surface area contributed by atoms with E-state index in [0.717, 1.165) is 6.07 Å². The van der Waals surface area contributed by atoms with E-state index in [0.29, 0.717) is 12.1 Å². The molecule has 0 aliphatic rings. The molecule has 0 aliphatic heterocycles. The SMILES string of the molecule is N#CCc1cc(C(F)(F)F)nc2c(C(F)(F)F)cccc12. The number of hydrogen-bond donors (Lipinski definition) is 0. The lowest BCUT2D eigenvalue weighted by Crippen LogP contribution is -2.12. The Hall–Kier alpha value is -2.30. The van der Waals surface area contributed by atoms with Gasteiger partial charge in [0.15, 0.2) is 0 Å². The Morgan fingerprint density at radius 3 is 2.24 bits per heavy atom. The summed E-state index contributed by atoms with van der Waals surface area (Å²) in [5.74, 6) is 0. The maximum atomic E-state index is 12.9. The van der Waals surface area contributed by atoms with E-state index in [-0.39, 0.29) is 10.9 Å². The standard InChI is InChI=1S/C13H6F6N2/c14-12(15,16)9-3-1-2-8-7(4-5-20)6-10(13(17,18)19)21-11(8)9/h1-3,6H,4H2. The minimum Gasteiger partial charge on any atom is -0.243 e. The van der Waals surface area contributed by atoms with Gasteiger partial charge in [0.25, 0.3) is 0 Å². The molecule has 1 aromatic carbocycles. The van der Waals surface area contributed by atoms with Crippen LogP contribution in [0.5, 0.6) is 0 Å². The first kappa shape index (κ1) is 15.1. The highest BCUT2D eigenvalue weighted by molar-refractivity contribution is 5.86. The van der Waals surface area contributed by atoms with Crippen LogP contribution in [0.3, 0.4) is 0 Å². The van der Waals surface area contributed by atoms with Gasteiger partial charge in [0.05, 0.1) is 23.6 Å². The van der Waals surface area contributed by atoms with Gasteiger partial charge < -0.3 is 0 Å². The van der Waals surface area contributed by atoms with Gasteiger partial charge >= 0.3 is 12.4 Å². The number of hydrogen-bond acceptors (Lipinski definition) is 2. The molecule has 2 rings (SSSR count). The molecule has 0 unspecified atom stereocenters. The quantitative estimate of drug-likeness (QED) is 0.735. The van der Waals surface area contributed by atoms with E-state index in [1.54, 1.807) is 6.07 Å². The minimum atomic E-state index is -4.89. The van der Waals surface area contributed by atoms with Crippen LogP contribution in [0.25, 0.3) is 10.9 Å². The van der Waals surface area contributed by atoms with E-state index >= 15 is 0 Å². The number of halogens is 6. The van der Waals surface area contributed by atoms with Gasteiger partial charge in [-0.05, 0) is 17.7 Å². The summed E-state index contributed by atoms with van der Waals surface area (Å²) >= 11 is 0. The van der Waals surface area contributed by atoms with Crippen molar-refractivity contribution in [2.45, 2.75) is 18.8 Å². The Morgan fingerprint density at radius 2 is 1.71 bits per heavy atom. The Kier molecular flexibility index (Phi) is 3.53. The lowest BCUT2D eigenvalue weighted by Gasteiger charge is -2.14. The molecule has 0 spiro atoms. The van der Waals surface area contributed by atoms with Gasteiger partial charge in [-0.1, -0.05) is 12.1 Å². The van der Waals surface area contributed by atoms with Crippen LogP contribution in [0.15, 0.2) is 24.3 Å². The molecule has 0 saturated heterocycles. The van der Waals surface area contributed by atoms with Crippen LogP contribution in [-0.4, -0.2) is 4.98 Å². The molecule has 0 atom stereocenters. The normalized spacial score (nSPS) is 12.4. The summed E-state index contributed by atoms with van der Waals surface area (Å²) < 4.78 is 76.8. The Morgan fingerprint density at radius 1 is 1.05 bits per heavy atom. The molecule has 0 aliphatic carbocycles. The minimum absolute atomic E-state index is 0.112. The van der Waals surface area contributed by atoms with Gasteiger partial charge in [-0.2, -0.15) is 31.6 Å². The summed E-state index contributed by atoms with van der Waals surface area (Å²) in [6, 6.07) is 5.18. The zero-order valence-electron chi connectivity index (χ0n) is 10.2. The van der Waals surface area contributed by atoms with Gasteiger partial charge in [-0.15, -0.1) is 0 Å². The molecule has 2 nitrogen and oxygen atoms in total. The first-order chi connectivity index (χ1) is 9.64. The third kappa shape index (κ3) is 2.91. The van der Waals surface area contributed by atoms with Crippen LogP contribution in [0, 0.1) is 11.3 Å². The van der Waals surface area contributed by atoms with Crippen LogP contribution in [0.1, 0.15) is 16.8 Å². The van der Waals surface area contributed by atoms with Crippen molar-refractivity contribution in [2.24, 2.45) is 0 Å². The van der Waals surface area contributed by atoms with Crippen LogP contribution < -0.4 is 0 Å². The molecular weight excluding hydrogens is 298 g/mol. The van der Waals surface area contributed by atoms with Crippen LogP contribution in [0.4, 0.5) is 26.3 Å². The highest BCUT2D eigenvalue weighted by Crippen LogP contribution is 2.37. The number of alkyl halides is 6. The molecule has 1 aromatic heterocycles. The fraction of sp³-hybridized carbons (Fsp3) is 0.231. The molecule has 0 bridgehead atoms. The first-order valence-corrected chi connectivity index (χ1v) is 5.58. The fourth-order valence-corrected chi connectivity index (χ4v) is 1.92. The number of fused-ring (bicyclic) bond motifs is 1. The third-order valence-electron chi connectivity index (χ3n) is 2.79. The summed E-state index contributed by atoms with van der Waals surface area (Å²) in [5, 5.41) is 8.52. The summed E-state index contributed by atoms with van der Waals surface area (Å²) in [6.45, 7) is 0. The summed E-state index contributed by atoms with van der Waals surface area (Å²) in [5.41, 5.74) is -3.65. The zero-order valence-corrected chi connectivity index (χ0v) is 10.2. The number of aromatic nitrogens is 1. The predicted molar refractivity (Wildman–Crippen MR) is 61.1 cm³/mol. The van der Waals surface area contributed by atoms with Crippen molar-refractivity contribution in [1.29, 1.82) is 5.26 Å². The average molecular weight is 304 g/mol. The average Bonchev–Trinajstić information content (AvgIpc) is 2.36. The molecule has 8 heteroatoms. The van der Waals surface area contributed by atoms with E-state index in [1.807, 2.05) is 0 Å². The monoisotopic (exact) mass is 304 g/mol. The number of pyridine rings is 1. The van der Waals surface area contributed by atoms with Crippen molar-refractivity contribution in [3.05, 3.63) is 41.1 Å². The maximum absolute atomic E-state index is 12.9. The smallest absolute Gasteiger partial charge is 0.243 e. The molecule has 2 aromatic rings. The third-order valence-corrected chi connectivity index (χ3v) is 2.79. The van der Waals surface area contributed by atoms with E-state index in [9.17, 15) is 26.3 Å². The van der Waals surface area contributed by atoms with Crippen LogP contribution >= 0.6 is 0 Å². The highest BCUT2D eigenvalue weighted by atomic mass is 19.4. The van der Waals surface area contributed by atoms with Crippen LogP contribution in [0.2, 0.25) is 0 Å².